The van der Waals surface area contributed by atoms with Gasteiger partial charge < -0.3 is 4.90 Å². The van der Waals surface area contributed by atoms with Gasteiger partial charge in [-0.2, -0.15) is 0 Å². The molecule has 83 valence electrons. The van der Waals surface area contributed by atoms with Gasteiger partial charge in [-0.1, -0.05) is 19.1 Å². The second kappa shape index (κ2) is 5.86. The molecule has 0 saturated heterocycles. The lowest BCUT2D eigenvalue weighted by Crippen LogP contribution is -2.31. The Morgan fingerprint density at radius 3 is 2.47 bits per heavy atom. The molecule has 1 unspecified atom stereocenters. The summed E-state index contributed by atoms with van der Waals surface area (Å²) < 4.78 is 12.7. The Labute approximate surface area is 91.9 Å². The van der Waals surface area contributed by atoms with Gasteiger partial charge in [0.05, 0.1) is 0 Å². The molecule has 0 N–H and O–H groups in total. The van der Waals surface area contributed by atoms with Crippen LogP contribution >= 0.6 is 0 Å². The lowest BCUT2D eigenvalue weighted by molar-refractivity contribution is 0.275. The number of nitrogens with zero attached hydrogens (tertiary/aromatic N) is 1. The van der Waals surface area contributed by atoms with Crippen molar-refractivity contribution in [3.8, 4) is 0 Å². The standard InChI is InChI=1S/C13H19FN/c1-4-9-15(3)11(2)10-12-5-7-13(14)8-6-12/h4-8,11H,9-10H2,1-3H3. The van der Waals surface area contributed by atoms with Crippen molar-refractivity contribution in [1.29, 1.82) is 0 Å². The average Bonchev–Trinajstić information content (AvgIpc) is 2.22. The lowest BCUT2D eigenvalue weighted by atomic mass is 10.1. The first-order valence-electron chi connectivity index (χ1n) is 5.36. The highest BCUT2D eigenvalue weighted by Crippen LogP contribution is 2.08. The largest absolute Gasteiger partial charge is 0.303 e. The zero-order valence-corrected chi connectivity index (χ0v) is 9.70. The predicted molar refractivity (Wildman–Crippen MR) is 62.2 cm³/mol. The highest BCUT2D eigenvalue weighted by atomic mass is 19.1. The maximum atomic E-state index is 12.7. The van der Waals surface area contributed by atoms with E-state index in [2.05, 4.69) is 32.2 Å². The van der Waals surface area contributed by atoms with Gasteiger partial charge in [-0.25, -0.2) is 4.39 Å². The first-order chi connectivity index (χ1) is 7.13. The number of hydrogen-bond donors (Lipinski definition) is 0. The quantitative estimate of drug-likeness (QED) is 0.719. The minimum Gasteiger partial charge on any atom is -0.303 e. The lowest BCUT2D eigenvalue weighted by Gasteiger charge is -2.24. The van der Waals surface area contributed by atoms with Gasteiger partial charge >= 0.3 is 0 Å². The van der Waals surface area contributed by atoms with Crippen LogP contribution in [0.5, 0.6) is 0 Å². The van der Waals surface area contributed by atoms with Crippen LogP contribution in [-0.4, -0.2) is 24.5 Å². The Hall–Kier alpha value is -0.890. The normalized spacial score (nSPS) is 13.1. The molecule has 1 aromatic rings. The van der Waals surface area contributed by atoms with Crippen LogP contribution in [0.1, 0.15) is 19.4 Å². The van der Waals surface area contributed by atoms with Crippen molar-refractivity contribution in [1.82, 2.24) is 4.90 Å². The van der Waals surface area contributed by atoms with Crippen LogP contribution in [0.2, 0.25) is 0 Å². The fourth-order valence-corrected chi connectivity index (χ4v) is 1.59. The monoisotopic (exact) mass is 208 g/mol. The summed E-state index contributed by atoms with van der Waals surface area (Å²) in [6, 6.07) is 7.24. The highest BCUT2D eigenvalue weighted by Gasteiger charge is 2.08. The molecule has 1 nitrogen and oxygen atoms in total. The molecular formula is C13H19FN. The Morgan fingerprint density at radius 1 is 1.33 bits per heavy atom. The Balaban J connectivity index is 2.50. The van der Waals surface area contributed by atoms with Crippen LogP contribution in [0, 0.1) is 12.2 Å². The molecule has 0 aliphatic carbocycles. The van der Waals surface area contributed by atoms with Crippen LogP contribution in [0.25, 0.3) is 0 Å². The third-order valence-corrected chi connectivity index (χ3v) is 2.67. The summed E-state index contributed by atoms with van der Waals surface area (Å²) in [5, 5.41) is 0. The zero-order chi connectivity index (χ0) is 11.3. The summed E-state index contributed by atoms with van der Waals surface area (Å²) in [5.41, 5.74) is 1.19. The number of hydrogen-bond acceptors (Lipinski definition) is 1. The summed E-state index contributed by atoms with van der Waals surface area (Å²) in [6.45, 7) is 5.23. The highest BCUT2D eigenvalue weighted by molar-refractivity contribution is 5.17. The molecule has 0 saturated carbocycles. The molecular weight excluding hydrogens is 189 g/mol. The van der Waals surface area contributed by atoms with Crippen molar-refractivity contribution in [2.75, 3.05) is 13.6 Å². The van der Waals surface area contributed by atoms with Gasteiger partial charge in [-0.05, 0) is 44.5 Å². The minimum absolute atomic E-state index is 0.165. The Bertz CT molecular complexity index is 281. The fourth-order valence-electron chi connectivity index (χ4n) is 1.59. The molecule has 1 atom stereocenters. The van der Waals surface area contributed by atoms with E-state index in [1.54, 1.807) is 0 Å². The molecule has 0 amide bonds. The fraction of sp³-hybridized carbons (Fsp3) is 0.462. The second-order valence-corrected chi connectivity index (χ2v) is 4.03. The van der Waals surface area contributed by atoms with Crippen molar-refractivity contribution in [3.63, 3.8) is 0 Å². The van der Waals surface area contributed by atoms with Gasteiger partial charge in [-0.3, -0.25) is 0 Å². The van der Waals surface area contributed by atoms with Crippen molar-refractivity contribution in [2.45, 2.75) is 26.3 Å². The molecule has 0 aliphatic rings. The molecule has 0 aliphatic heterocycles. The Kier molecular flexibility index (Phi) is 4.76. The molecule has 0 fully saturated rings. The number of benzene rings is 1. The summed E-state index contributed by atoms with van der Waals surface area (Å²) >= 11 is 0. The first kappa shape index (κ1) is 12.2. The van der Waals surface area contributed by atoms with Gasteiger partial charge in [-0.15, -0.1) is 0 Å². The van der Waals surface area contributed by atoms with E-state index in [0.29, 0.717) is 6.04 Å². The van der Waals surface area contributed by atoms with E-state index < -0.39 is 0 Å². The van der Waals surface area contributed by atoms with Crippen molar-refractivity contribution >= 4 is 0 Å². The van der Waals surface area contributed by atoms with Crippen LogP contribution in [0.3, 0.4) is 0 Å². The topological polar surface area (TPSA) is 3.24 Å². The van der Waals surface area contributed by atoms with E-state index >= 15 is 0 Å². The van der Waals surface area contributed by atoms with Crippen LogP contribution in [0.4, 0.5) is 4.39 Å². The van der Waals surface area contributed by atoms with Crippen LogP contribution < -0.4 is 0 Å². The molecule has 0 spiro atoms. The summed E-state index contributed by atoms with van der Waals surface area (Å²) in [5.74, 6) is -0.165. The number of likely N-dealkylation sites (N-methyl/N-ethyl adjacent to an activating group) is 1. The van der Waals surface area contributed by atoms with E-state index in [1.165, 1.54) is 17.7 Å². The third kappa shape index (κ3) is 4.00. The van der Waals surface area contributed by atoms with Gasteiger partial charge in [0.1, 0.15) is 5.82 Å². The van der Waals surface area contributed by atoms with Gasteiger partial charge in [0, 0.05) is 12.6 Å². The molecule has 1 rings (SSSR count). The molecule has 0 bridgehead atoms. The molecule has 0 aromatic heterocycles. The molecule has 2 heteroatoms. The smallest absolute Gasteiger partial charge is 0.123 e. The van der Waals surface area contributed by atoms with E-state index in [9.17, 15) is 4.39 Å². The molecule has 1 aromatic carbocycles. The van der Waals surface area contributed by atoms with Crippen molar-refractivity contribution < 1.29 is 4.39 Å². The average molecular weight is 208 g/mol. The van der Waals surface area contributed by atoms with E-state index in [1.807, 2.05) is 12.1 Å². The van der Waals surface area contributed by atoms with Gasteiger partial charge in [0.2, 0.25) is 0 Å². The SMILES string of the molecule is C[CH]CN(C)C(C)Cc1ccc(F)cc1. The van der Waals surface area contributed by atoms with Crippen LogP contribution in [0.15, 0.2) is 24.3 Å². The molecule has 1 radical (unpaired) electrons. The Morgan fingerprint density at radius 2 is 1.93 bits per heavy atom. The van der Waals surface area contributed by atoms with Crippen molar-refractivity contribution in [3.05, 3.63) is 42.1 Å². The maximum absolute atomic E-state index is 12.7. The van der Waals surface area contributed by atoms with E-state index in [-0.39, 0.29) is 5.82 Å². The summed E-state index contributed by atoms with van der Waals surface area (Å²) in [6.07, 6.45) is 3.10. The van der Waals surface area contributed by atoms with E-state index in [4.69, 9.17) is 0 Å². The summed E-state index contributed by atoms with van der Waals surface area (Å²) in [4.78, 5) is 2.28. The van der Waals surface area contributed by atoms with Gasteiger partial charge in [0.15, 0.2) is 0 Å². The number of rotatable bonds is 5. The molecule has 0 heterocycles. The third-order valence-electron chi connectivity index (χ3n) is 2.67. The predicted octanol–water partition coefficient (Wildman–Crippen LogP) is 2.91. The first-order valence-corrected chi connectivity index (χ1v) is 5.36. The van der Waals surface area contributed by atoms with Gasteiger partial charge in [0.25, 0.3) is 0 Å². The second-order valence-electron chi connectivity index (χ2n) is 4.03. The zero-order valence-electron chi connectivity index (χ0n) is 9.70. The maximum Gasteiger partial charge on any atom is 0.123 e. The van der Waals surface area contributed by atoms with E-state index in [0.717, 1.165) is 13.0 Å². The number of halogens is 1. The minimum atomic E-state index is -0.165. The van der Waals surface area contributed by atoms with Crippen LogP contribution in [-0.2, 0) is 6.42 Å². The summed E-state index contributed by atoms with van der Waals surface area (Å²) in [7, 11) is 2.11. The van der Waals surface area contributed by atoms with Crippen molar-refractivity contribution in [2.24, 2.45) is 0 Å². The molecule has 15 heavy (non-hydrogen) atoms.